The molecule has 0 fully saturated rings. The van der Waals surface area contributed by atoms with Gasteiger partial charge in [0, 0.05) is 12.5 Å². The summed E-state index contributed by atoms with van der Waals surface area (Å²) in [5, 5.41) is 20.4. The number of aliphatic hydroxyl groups is 2. The Kier molecular flexibility index (Phi) is 8.34. The standard InChI is InChI=1S/C24H34O2/c1-18(14-15-25)16-23(22-12-8-5-9-13-22)24(26)20(3)17-19(2)21-10-6-4-7-11-21/h4-13,18-20,23-26H,14-17H2,1-3H3. The van der Waals surface area contributed by atoms with Gasteiger partial charge in [-0.2, -0.15) is 0 Å². The van der Waals surface area contributed by atoms with Gasteiger partial charge in [0.25, 0.3) is 0 Å². The Hall–Kier alpha value is -1.64. The summed E-state index contributed by atoms with van der Waals surface area (Å²) in [7, 11) is 0. The Bertz CT molecular complexity index is 611. The number of rotatable bonds is 10. The lowest BCUT2D eigenvalue weighted by atomic mass is 9.77. The van der Waals surface area contributed by atoms with Crippen LogP contribution in [0.4, 0.5) is 0 Å². The van der Waals surface area contributed by atoms with Crippen LogP contribution in [0.15, 0.2) is 60.7 Å². The molecule has 0 saturated heterocycles. The molecule has 5 atom stereocenters. The number of hydrogen-bond acceptors (Lipinski definition) is 2. The van der Waals surface area contributed by atoms with Gasteiger partial charge in [-0.3, -0.25) is 0 Å². The van der Waals surface area contributed by atoms with Crippen LogP contribution in [-0.2, 0) is 0 Å². The fourth-order valence-electron chi connectivity index (χ4n) is 3.96. The molecule has 2 N–H and O–H groups in total. The minimum Gasteiger partial charge on any atom is -0.396 e. The maximum absolute atomic E-state index is 11.2. The Morgan fingerprint density at radius 2 is 1.31 bits per heavy atom. The van der Waals surface area contributed by atoms with Crippen molar-refractivity contribution in [3.63, 3.8) is 0 Å². The van der Waals surface area contributed by atoms with E-state index in [2.05, 4.69) is 57.2 Å². The number of hydrogen-bond donors (Lipinski definition) is 2. The van der Waals surface area contributed by atoms with E-state index >= 15 is 0 Å². The molecule has 2 aromatic carbocycles. The molecule has 0 spiro atoms. The van der Waals surface area contributed by atoms with E-state index in [0.717, 1.165) is 19.3 Å². The monoisotopic (exact) mass is 354 g/mol. The van der Waals surface area contributed by atoms with Gasteiger partial charge >= 0.3 is 0 Å². The first-order valence-electron chi connectivity index (χ1n) is 9.91. The van der Waals surface area contributed by atoms with Crippen molar-refractivity contribution in [1.82, 2.24) is 0 Å². The molecule has 2 aromatic rings. The summed E-state index contributed by atoms with van der Waals surface area (Å²) in [6.07, 6.45) is 2.26. The average molecular weight is 355 g/mol. The van der Waals surface area contributed by atoms with Gasteiger partial charge in [-0.15, -0.1) is 0 Å². The first kappa shape index (κ1) is 20.7. The van der Waals surface area contributed by atoms with Crippen LogP contribution in [0.3, 0.4) is 0 Å². The lowest BCUT2D eigenvalue weighted by Crippen LogP contribution is -2.28. The van der Waals surface area contributed by atoms with Crippen LogP contribution < -0.4 is 0 Å². The molecular weight excluding hydrogens is 320 g/mol. The molecule has 2 heteroatoms. The second-order valence-corrected chi connectivity index (χ2v) is 7.89. The van der Waals surface area contributed by atoms with Crippen molar-refractivity contribution in [3.8, 4) is 0 Å². The minimum atomic E-state index is -0.385. The maximum Gasteiger partial charge on any atom is 0.0634 e. The van der Waals surface area contributed by atoms with Crippen LogP contribution >= 0.6 is 0 Å². The van der Waals surface area contributed by atoms with Crippen LogP contribution in [0.2, 0.25) is 0 Å². The van der Waals surface area contributed by atoms with Crippen LogP contribution in [-0.4, -0.2) is 22.9 Å². The lowest BCUT2D eigenvalue weighted by Gasteiger charge is -2.31. The van der Waals surface area contributed by atoms with Crippen LogP contribution in [0, 0.1) is 11.8 Å². The van der Waals surface area contributed by atoms with Gasteiger partial charge in [0.2, 0.25) is 0 Å². The van der Waals surface area contributed by atoms with E-state index in [1.54, 1.807) is 0 Å². The van der Waals surface area contributed by atoms with Crippen molar-refractivity contribution < 1.29 is 10.2 Å². The van der Waals surface area contributed by atoms with E-state index in [9.17, 15) is 10.2 Å². The zero-order chi connectivity index (χ0) is 18.9. The van der Waals surface area contributed by atoms with Crippen LogP contribution in [0.25, 0.3) is 0 Å². The molecule has 0 aliphatic heterocycles. The van der Waals surface area contributed by atoms with E-state index in [1.807, 2.05) is 24.3 Å². The average Bonchev–Trinajstić information content (AvgIpc) is 2.67. The van der Waals surface area contributed by atoms with Crippen molar-refractivity contribution in [1.29, 1.82) is 0 Å². The van der Waals surface area contributed by atoms with Crippen molar-refractivity contribution in [3.05, 3.63) is 71.8 Å². The normalized spacial score (nSPS) is 17.3. The Labute approximate surface area is 158 Å². The molecule has 0 amide bonds. The highest BCUT2D eigenvalue weighted by Crippen LogP contribution is 2.35. The van der Waals surface area contributed by atoms with Crippen molar-refractivity contribution in [2.45, 2.75) is 58.0 Å². The SMILES string of the molecule is CC(CCO)CC(c1ccccc1)C(O)C(C)CC(C)c1ccccc1. The fraction of sp³-hybridized carbons (Fsp3) is 0.500. The van der Waals surface area contributed by atoms with Gasteiger partial charge in [0.1, 0.15) is 0 Å². The fourth-order valence-corrected chi connectivity index (χ4v) is 3.96. The zero-order valence-electron chi connectivity index (χ0n) is 16.4. The molecule has 26 heavy (non-hydrogen) atoms. The third kappa shape index (κ3) is 5.96. The minimum absolute atomic E-state index is 0.107. The second kappa shape index (κ2) is 10.5. The molecule has 0 aliphatic rings. The molecule has 0 bridgehead atoms. The van der Waals surface area contributed by atoms with Crippen molar-refractivity contribution >= 4 is 0 Å². The molecule has 0 aromatic heterocycles. The summed E-state index contributed by atoms with van der Waals surface area (Å²) >= 11 is 0. The highest BCUT2D eigenvalue weighted by atomic mass is 16.3. The second-order valence-electron chi connectivity index (χ2n) is 7.89. The predicted octanol–water partition coefficient (Wildman–Crippen LogP) is 5.37. The Morgan fingerprint density at radius 3 is 1.85 bits per heavy atom. The van der Waals surface area contributed by atoms with E-state index in [4.69, 9.17) is 0 Å². The highest BCUT2D eigenvalue weighted by Gasteiger charge is 2.28. The first-order valence-corrected chi connectivity index (χ1v) is 9.91. The molecule has 5 unspecified atom stereocenters. The topological polar surface area (TPSA) is 40.5 Å². The van der Waals surface area contributed by atoms with Gasteiger partial charge in [-0.25, -0.2) is 0 Å². The number of benzene rings is 2. The summed E-state index contributed by atoms with van der Waals surface area (Å²) in [5.74, 6) is 1.12. The van der Waals surface area contributed by atoms with Crippen LogP contribution in [0.5, 0.6) is 0 Å². The van der Waals surface area contributed by atoms with Gasteiger partial charge in [0.15, 0.2) is 0 Å². The first-order chi connectivity index (χ1) is 12.5. The van der Waals surface area contributed by atoms with E-state index in [0.29, 0.717) is 11.8 Å². The molecular formula is C24H34O2. The molecule has 0 saturated carbocycles. The third-order valence-corrected chi connectivity index (χ3v) is 5.60. The van der Waals surface area contributed by atoms with Gasteiger partial charge < -0.3 is 10.2 Å². The molecule has 2 rings (SSSR count). The maximum atomic E-state index is 11.2. The molecule has 2 nitrogen and oxygen atoms in total. The van der Waals surface area contributed by atoms with Crippen molar-refractivity contribution in [2.24, 2.45) is 11.8 Å². The van der Waals surface area contributed by atoms with Crippen molar-refractivity contribution in [2.75, 3.05) is 6.61 Å². The van der Waals surface area contributed by atoms with Gasteiger partial charge in [0.05, 0.1) is 6.10 Å². The quantitative estimate of drug-likeness (QED) is 0.602. The lowest BCUT2D eigenvalue weighted by molar-refractivity contribution is 0.0708. The summed E-state index contributed by atoms with van der Waals surface area (Å²) in [6.45, 7) is 6.77. The highest BCUT2D eigenvalue weighted by molar-refractivity contribution is 5.22. The van der Waals surface area contributed by atoms with Crippen LogP contribution in [0.1, 0.15) is 63.0 Å². The molecule has 142 valence electrons. The number of aliphatic hydroxyl groups excluding tert-OH is 2. The van der Waals surface area contributed by atoms with E-state index < -0.39 is 0 Å². The summed E-state index contributed by atoms with van der Waals surface area (Å²) in [5.41, 5.74) is 2.53. The van der Waals surface area contributed by atoms with Gasteiger partial charge in [-0.05, 0) is 48.1 Å². The smallest absolute Gasteiger partial charge is 0.0634 e. The Morgan fingerprint density at radius 1 is 0.769 bits per heavy atom. The third-order valence-electron chi connectivity index (χ3n) is 5.60. The molecule has 0 radical (unpaired) electrons. The van der Waals surface area contributed by atoms with E-state index in [1.165, 1.54) is 11.1 Å². The molecule has 0 heterocycles. The summed E-state index contributed by atoms with van der Waals surface area (Å²) in [6, 6.07) is 20.9. The summed E-state index contributed by atoms with van der Waals surface area (Å²) < 4.78 is 0. The van der Waals surface area contributed by atoms with E-state index in [-0.39, 0.29) is 24.5 Å². The summed E-state index contributed by atoms with van der Waals surface area (Å²) in [4.78, 5) is 0. The predicted molar refractivity (Wildman–Crippen MR) is 109 cm³/mol. The largest absolute Gasteiger partial charge is 0.396 e. The Balaban J connectivity index is 2.10. The van der Waals surface area contributed by atoms with Gasteiger partial charge in [-0.1, -0.05) is 81.4 Å². The molecule has 0 aliphatic carbocycles. The zero-order valence-corrected chi connectivity index (χ0v) is 16.4.